The number of amides is 1. The molecule has 7 nitrogen and oxygen atoms in total. The van der Waals surface area contributed by atoms with E-state index in [0.717, 1.165) is 24.9 Å². The summed E-state index contributed by atoms with van der Waals surface area (Å²) in [7, 11) is 0. The lowest BCUT2D eigenvalue weighted by Crippen LogP contribution is -2.42. The molecule has 0 aliphatic carbocycles. The smallest absolute Gasteiger partial charge is 0.270 e. The number of carbonyl (C=O) groups excluding carboxylic acids is 1. The van der Waals surface area contributed by atoms with Crippen LogP contribution >= 0.6 is 0 Å². The molecule has 1 amide bonds. The number of aryl methyl sites for hydroxylation is 1. The van der Waals surface area contributed by atoms with E-state index in [9.17, 15) is 4.79 Å². The highest BCUT2D eigenvalue weighted by atomic mass is 16.5. The molecule has 2 atom stereocenters. The number of rotatable bonds is 4. The van der Waals surface area contributed by atoms with Gasteiger partial charge in [-0.3, -0.25) is 9.48 Å². The summed E-state index contributed by atoms with van der Waals surface area (Å²) in [6, 6.07) is 5.00. The first-order chi connectivity index (χ1) is 11.7. The highest BCUT2D eigenvalue weighted by Gasteiger charge is 2.30. The van der Waals surface area contributed by atoms with Crippen LogP contribution in [-0.4, -0.2) is 33.3 Å². The lowest BCUT2D eigenvalue weighted by Gasteiger charge is -2.31. The van der Waals surface area contributed by atoms with Gasteiger partial charge in [0.2, 0.25) is 0 Å². The molecule has 0 aromatic carbocycles. The molecule has 24 heavy (non-hydrogen) atoms. The molecule has 1 aliphatic heterocycles. The maximum atomic E-state index is 12.4. The van der Waals surface area contributed by atoms with Crippen LogP contribution in [0.25, 0.3) is 0 Å². The molecule has 0 bridgehead atoms. The Kier molecular flexibility index (Phi) is 4.87. The minimum Gasteiger partial charge on any atom is -0.371 e. The highest BCUT2D eigenvalue weighted by molar-refractivity contribution is 5.92. The van der Waals surface area contributed by atoms with Gasteiger partial charge in [-0.1, -0.05) is 0 Å². The van der Waals surface area contributed by atoms with Gasteiger partial charge in [-0.05, 0) is 31.9 Å². The monoisotopic (exact) mass is 325 g/mol. The van der Waals surface area contributed by atoms with Gasteiger partial charge in [0.15, 0.2) is 0 Å². The van der Waals surface area contributed by atoms with Crippen molar-refractivity contribution in [2.24, 2.45) is 0 Å². The molecule has 2 aromatic heterocycles. The lowest BCUT2D eigenvalue weighted by atomic mass is 9.98. The Morgan fingerprint density at radius 2 is 2.38 bits per heavy atom. The predicted octanol–water partition coefficient (Wildman–Crippen LogP) is 1.82. The second-order valence-corrected chi connectivity index (χ2v) is 5.69. The summed E-state index contributed by atoms with van der Waals surface area (Å²) < 4.78 is 7.72. The normalized spacial score (nSPS) is 20.3. The number of pyridine rings is 1. The van der Waals surface area contributed by atoms with E-state index in [1.807, 2.05) is 23.9 Å². The molecule has 0 spiro atoms. The average Bonchev–Trinajstić information content (AvgIpc) is 3.11. The summed E-state index contributed by atoms with van der Waals surface area (Å²) in [5.74, 6) is -0.261. The molecule has 1 fully saturated rings. The maximum absolute atomic E-state index is 12.4. The van der Waals surface area contributed by atoms with E-state index in [-0.39, 0.29) is 18.1 Å². The minimum atomic E-state index is -0.261. The minimum absolute atomic E-state index is 0.127. The molecule has 124 valence electrons. The van der Waals surface area contributed by atoms with Crippen LogP contribution in [0.2, 0.25) is 0 Å². The molecule has 0 unspecified atom stereocenters. The molecular formula is C17H19N5O2. The van der Waals surface area contributed by atoms with Crippen molar-refractivity contribution in [1.29, 1.82) is 5.26 Å². The Hall–Kier alpha value is -2.72. The summed E-state index contributed by atoms with van der Waals surface area (Å²) in [5, 5.41) is 16.1. The fourth-order valence-electron chi connectivity index (χ4n) is 2.79. The van der Waals surface area contributed by atoms with Crippen molar-refractivity contribution in [2.75, 3.05) is 6.61 Å². The lowest BCUT2D eigenvalue weighted by molar-refractivity contribution is -0.00956. The second kappa shape index (κ2) is 7.23. The van der Waals surface area contributed by atoms with Crippen LogP contribution in [0, 0.1) is 11.3 Å². The van der Waals surface area contributed by atoms with Crippen molar-refractivity contribution >= 4 is 5.91 Å². The van der Waals surface area contributed by atoms with Gasteiger partial charge in [0.25, 0.3) is 5.91 Å². The highest BCUT2D eigenvalue weighted by Crippen LogP contribution is 2.28. The number of aromatic nitrogens is 3. The van der Waals surface area contributed by atoms with Gasteiger partial charge in [0, 0.05) is 31.1 Å². The summed E-state index contributed by atoms with van der Waals surface area (Å²) in [6.07, 6.45) is 6.66. The summed E-state index contributed by atoms with van der Waals surface area (Å²) in [5.41, 5.74) is 1.69. The van der Waals surface area contributed by atoms with E-state index in [1.54, 1.807) is 18.3 Å². The van der Waals surface area contributed by atoms with Gasteiger partial charge in [0.05, 0.1) is 17.8 Å². The number of carbonyl (C=O) groups is 1. The zero-order valence-corrected chi connectivity index (χ0v) is 13.5. The number of nitrogens with zero attached hydrogens (tertiary/aromatic N) is 4. The van der Waals surface area contributed by atoms with E-state index >= 15 is 0 Å². The zero-order valence-electron chi connectivity index (χ0n) is 13.5. The first-order valence-electron chi connectivity index (χ1n) is 8.02. The van der Waals surface area contributed by atoms with E-state index in [1.165, 1.54) is 6.20 Å². The van der Waals surface area contributed by atoms with Crippen molar-refractivity contribution in [2.45, 2.75) is 38.5 Å². The Morgan fingerprint density at radius 3 is 3.04 bits per heavy atom. The van der Waals surface area contributed by atoms with Gasteiger partial charge in [-0.15, -0.1) is 0 Å². The van der Waals surface area contributed by atoms with Crippen LogP contribution in [0.4, 0.5) is 0 Å². The third-order valence-electron chi connectivity index (χ3n) is 4.07. The number of nitriles is 1. The fourth-order valence-corrected chi connectivity index (χ4v) is 2.79. The first-order valence-corrected chi connectivity index (χ1v) is 8.02. The molecule has 0 radical (unpaired) electrons. The number of hydrogen-bond donors (Lipinski definition) is 1. The largest absolute Gasteiger partial charge is 0.371 e. The Labute approximate surface area is 140 Å². The Balaban J connectivity index is 1.73. The number of nitrogens with one attached hydrogen (secondary N) is 1. The van der Waals surface area contributed by atoms with Crippen LogP contribution in [0.5, 0.6) is 0 Å². The quantitative estimate of drug-likeness (QED) is 0.925. The van der Waals surface area contributed by atoms with Crippen molar-refractivity contribution in [1.82, 2.24) is 20.1 Å². The van der Waals surface area contributed by atoms with Gasteiger partial charge in [-0.2, -0.15) is 10.4 Å². The molecule has 0 saturated carbocycles. The fraction of sp³-hybridized carbons (Fsp3) is 0.412. The second-order valence-electron chi connectivity index (χ2n) is 5.69. The molecule has 3 rings (SSSR count). The van der Waals surface area contributed by atoms with Gasteiger partial charge < -0.3 is 10.1 Å². The standard InChI is InChI=1S/C17H19N5O2/c1-2-22-11-13(10-20-22)16-14(4-3-7-24-16)21-17(23)15-6-5-12(8-18)9-19-15/h5-6,9-11,14,16H,2-4,7H2,1H3,(H,21,23)/t14-,16+/m0/s1. The van der Waals surface area contributed by atoms with Gasteiger partial charge in [-0.25, -0.2) is 4.98 Å². The van der Waals surface area contributed by atoms with E-state index in [2.05, 4.69) is 15.4 Å². The Morgan fingerprint density at radius 1 is 1.50 bits per heavy atom. The van der Waals surface area contributed by atoms with Crippen molar-refractivity contribution < 1.29 is 9.53 Å². The van der Waals surface area contributed by atoms with E-state index < -0.39 is 0 Å². The molecule has 3 heterocycles. The molecule has 1 aliphatic rings. The van der Waals surface area contributed by atoms with Crippen LogP contribution in [-0.2, 0) is 11.3 Å². The zero-order chi connectivity index (χ0) is 16.9. The molecular weight excluding hydrogens is 306 g/mol. The van der Waals surface area contributed by atoms with Crippen molar-refractivity contribution in [3.8, 4) is 6.07 Å². The first kappa shape index (κ1) is 16.1. The molecule has 1 N–H and O–H groups in total. The van der Waals surface area contributed by atoms with E-state index in [0.29, 0.717) is 17.9 Å². The van der Waals surface area contributed by atoms with Crippen molar-refractivity contribution in [3.05, 3.63) is 47.5 Å². The molecule has 1 saturated heterocycles. The van der Waals surface area contributed by atoms with Crippen LogP contribution in [0.3, 0.4) is 0 Å². The van der Waals surface area contributed by atoms with Gasteiger partial charge >= 0.3 is 0 Å². The Bertz CT molecular complexity index is 747. The molecule has 2 aromatic rings. The summed E-state index contributed by atoms with van der Waals surface area (Å²) >= 11 is 0. The van der Waals surface area contributed by atoms with Crippen LogP contribution < -0.4 is 5.32 Å². The molecule has 7 heteroatoms. The maximum Gasteiger partial charge on any atom is 0.270 e. The van der Waals surface area contributed by atoms with E-state index in [4.69, 9.17) is 10.00 Å². The third-order valence-corrected chi connectivity index (χ3v) is 4.07. The third kappa shape index (κ3) is 3.44. The predicted molar refractivity (Wildman–Crippen MR) is 86.0 cm³/mol. The van der Waals surface area contributed by atoms with Crippen molar-refractivity contribution in [3.63, 3.8) is 0 Å². The van der Waals surface area contributed by atoms with Crippen LogP contribution in [0.1, 0.15) is 47.5 Å². The summed E-state index contributed by atoms with van der Waals surface area (Å²) in [4.78, 5) is 16.5. The number of ether oxygens (including phenoxy) is 1. The SMILES string of the molecule is CCn1cc([C@H]2OCCC[C@@H]2NC(=O)c2ccc(C#N)cn2)cn1. The van der Waals surface area contributed by atoms with Crippen LogP contribution in [0.15, 0.2) is 30.7 Å². The average molecular weight is 325 g/mol. The topological polar surface area (TPSA) is 92.8 Å². The summed E-state index contributed by atoms with van der Waals surface area (Å²) in [6.45, 7) is 3.48. The number of hydrogen-bond acceptors (Lipinski definition) is 5. The van der Waals surface area contributed by atoms with Gasteiger partial charge in [0.1, 0.15) is 17.9 Å².